The molecule has 0 spiro atoms. The van der Waals surface area contributed by atoms with Gasteiger partial charge in [0.15, 0.2) is 0 Å². The highest BCUT2D eigenvalue weighted by Gasteiger charge is 2.17. The van der Waals surface area contributed by atoms with Crippen molar-refractivity contribution in [2.45, 2.75) is 13.0 Å². The van der Waals surface area contributed by atoms with Crippen molar-refractivity contribution in [3.05, 3.63) is 58.6 Å². The SMILES string of the molecule is COc1cc(Cl)c(C)cc1NC(=O)C(N)c1ccccc1. The van der Waals surface area contributed by atoms with Crippen LogP contribution in [0.4, 0.5) is 5.69 Å². The molecule has 2 aromatic rings. The summed E-state index contributed by atoms with van der Waals surface area (Å²) >= 11 is 6.04. The Morgan fingerprint density at radius 2 is 1.95 bits per heavy atom. The first kappa shape index (κ1) is 15.4. The summed E-state index contributed by atoms with van der Waals surface area (Å²) in [5.41, 5.74) is 8.12. The summed E-state index contributed by atoms with van der Waals surface area (Å²) in [4.78, 5) is 12.3. The zero-order chi connectivity index (χ0) is 15.4. The highest BCUT2D eigenvalue weighted by molar-refractivity contribution is 6.31. The quantitative estimate of drug-likeness (QED) is 0.911. The van der Waals surface area contributed by atoms with E-state index >= 15 is 0 Å². The van der Waals surface area contributed by atoms with E-state index in [-0.39, 0.29) is 5.91 Å². The molecule has 0 aromatic heterocycles. The van der Waals surface area contributed by atoms with Crippen LogP contribution in [0.2, 0.25) is 5.02 Å². The highest BCUT2D eigenvalue weighted by atomic mass is 35.5. The third-order valence-corrected chi connectivity index (χ3v) is 3.59. The number of ether oxygens (including phenoxy) is 1. The average molecular weight is 305 g/mol. The maximum Gasteiger partial charge on any atom is 0.245 e. The second-order valence-electron chi connectivity index (χ2n) is 4.68. The van der Waals surface area contributed by atoms with Gasteiger partial charge in [0.1, 0.15) is 11.8 Å². The van der Waals surface area contributed by atoms with Crippen LogP contribution < -0.4 is 15.8 Å². The predicted octanol–water partition coefficient (Wildman–Crippen LogP) is 3.30. The molecule has 2 aromatic carbocycles. The summed E-state index contributed by atoms with van der Waals surface area (Å²) in [7, 11) is 1.52. The Hall–Kier alpha value is -2.04. The Bertz CT molecular complexity index is 644. The lowest BCUT2D eigenvalue weighted by Gasteiger charge is -2.15. The first-order chi connectivity index (χ1) is 10.0. The molecule has 5 heteroatoms. The smallest absolute Gasteiger partial charge is 0.245 e. The van der Waals surface area contributed by atoms with Crippen molar-refractivity contribution in [2.75, 3.05) is 12.4 Å². The molecule has 0 fully saturated rings. The molecule has 1 atom stereocenters. The van der Waals surface area contributed by atoms with Crippen molar-refractivity contribution in [2.24, 2.45) is 5.73 Å². The molecule has 1 amide bonds. The lowest BCUT2D eigenvalue weighted by Crippen LogP contribution is -2.27. The minimum atomic E-state index is -0.744. The van der Waals surface area contributed by atoms with Gasteiger partial charge in [-0.15, -0.1) is 0 Å². The molecule has 0 saturated carbocycles. The van der Waals surface area contributed by atoms with Gasteiger partial charge in [0.05, 0.1) is 12.8 Å². The van der Waals surface area contributed by atoms with Crippen LogP contribution in [-0.2, 0) is 4.79 Å². The van der Waals surface area contributed by atoms with E-state index in [4.69, 9.17) is 22.1 Å². The predicted molar refractivity (Wildman–Crippen MR) is 84.7 cm³/mol. The zero-order valence-corrected chi connectivity index (χ0v) is 12.6. The number of benzene rings is 2. The molecular weight excluding hydrogens is 288 g/mol. The number of anilines is 1. The molecule has 3 N–H and O–H groups in total. The number of nitrogens with one attached hydrogen (secondary N) is 1. The molecule has 0 aliphatic rings. The summed E-state index contributed by atoms with van der Waals surface area (Å²) in [6.07, 6.45) is 0. The van der Waals surface area contributed by atoms with Gasteiger partial charge in [-0.05, 0) is 24.1 Å². The maximum absolute atomic E-state index is 12.3. The van der Waals surface area contributed by atoms with Gasteiger partial charge in [-0.2, -0.15) is 0 Å². The average Bonchev–Trinajstić information content (AvgIpc) is 2.50. The first-order valence-corrected chi connectivity index (χ1v) is 6.86. The number of aryl methyl sites for hydroxylation is 1. The summed E-state index contributed by atoms with van der Waals surface area (Å²) in [5.74, 6) is 0.195. The van der Waals surface area contributed by atoms with Crippen LogP contribution in [0.15, 0.2) is 42.5 Å². The lowest BCUT2D eigenvalue weighted by atomic mass is 10.1. The Labute approximate surface area is 128 Å². The molecule has 4 nitrogen and oxygen atoms in total. The number of halogens is 1. The number of rotatable bonds is 4. The van der Waals surface area contributed by atoms with Crippen LogP contribution in [0.5, 0.6) is 5.75 Å². The third kappa shape index (κ3) is 3.54. The monoisotopic (exact) mass is 304 g/mol. The molecule has 0 heterocycles. The zero-order valence-electron chi connectivity index (χ0n) is 11.9. The molecule has 0 aliphatic heterocycles. The van der Waals surface area contributed by atoms with Crippen molar-refractivity contribution in [1.29, 1.82) is 0 Å². The fraction of sp³-hybridized carbons (Fsp3) is 0.188. The minimum Gasteiger partial charge on any atom is -0.495 e. The van der Waals surface area contributed by atoms with E-state index in [2.05, 4.69) is 5.32 Å². The summed E-state index contributed by atoms with van der Waals surface area (Å²) in [6, 6.07) is 11.9. The summed E-state index contributed by atoms with van der Waals surface area (Å²) < 4.78 is 5.23. The Kier molecular flexibility index (Phi) is 4.83. The van der Waals surface area contributed by atoms with Crippen molar-refractivity contribution in [3.8, 4) is 5.75 Å². The largest absolute Gasteiger partial charge is 0.495 e. The normalized spacial score (nSPS) is 11.8. The molecule has 0 bridgehead atoms. The highest BCUT2D eigenvalue weighted by Crippen LogP contribution is 2.31. The van der Waals surface area contributed by atoms with E-state index in [1.165, 1.54) is 7.11 Å². The summed E-state index contributed by atoms with van der Waals surface area (Å²) in [5, 5.41) is 3.36. The Morgan fingerprint density at radius 3 is 2.57 bits per heavy atom. The van der Waals surface area contributed by atoms with E-state index in [1.807, 2.05) is 37.3 Å². The third-order valence-electron chi connectivity index (χ3n) is 3.18. The van der Waals surface area contributed by atoms with Crippen LogP contribution >= 0.6 is 11.6 Å². The molecular formula is C16H17ClN2O2. The first-order valence-electron chi connectivity index (χ1n) is 6.48. The molecule has 0 aliphatic carbocycles. The number of amides is 1. The summed E-state index contributed by atoms with van der Waals surface area (Å²) in [6.45, 7) is 1.86. The number of hydrogen-bond acceptors (Lipinski definition) is 3. The van der Waals surface area contributed by atoms with Gasteiger partial charge >= 0.3 is 0 Å². The number of carbonyl (C=O) groups is 1. The van der Waals surface area contributed by atoms with E-state index in [9.17, 15) is 4.79 Å². The number of hydrogen-bond donors (Lipinski definition) is 2. The van der Waals surface area contributed by atoms with E-state index in [0.717, 1.165) is 11.1 Å². The number of carbonyl (C=O) groups excluding carboxylic acids is 1. The molecule has 21 heavy (non-hydrogen) atoms. The molecule has 1 unspecified atom stereocenters. The molecule has 0 saturated heterocycles. The van der Waals surface area contributed by atoms with Crippen LogP contribution in [-0.4, -0.2) is 13.0 Å². The van der Waals surface area contributed by atoms with Crippen LogP contribution in [0.25, 0.3) is 0 Å². The molecule has 110 valence electrons. The number of methoxy groups -OCH3 is 1. The fourth-order valence-electron chi connectivity index (χ4n) is 1.95. The number of nitrogens with two attached hydrogens (primary N) is 1. The molecule has 0 radical (unpaired) electrons. The van der Waals surface area contributed by atoms with Crippen molar-refractivity contribution < 1.29 is 9.53 Å². The van der Waals surface area contributed by atoms with Gasteiger partial charge in [0.2, 0.25) is 5.91 Å². The Balaban J connectivity index is 2.22. The molecule has 2 rings (SSSR count). The Morgan fingerprint density at radius 1 is 1.29 bits per heavy atom. The van der Waals surface area contributed by atoms with Crippen LogP contribution in [0.3, 0.4) is 0 Å². The van der Waals surface area contributed by atoms with Crippen molar-refractivity contribution >= 4 is 23.2 Å². The topological polar surface area (TPSA) is 64.3 Å². The van der Waals surface area contributed by atoms with E-state index in [0.29, 0.717) is 16.5 Å². The minimum absolute atomic E-state index is 0.304. The van der Waals surface area contributed by atoms with Gasteiger partial charge in [-0.1, -0.05) is 41.9 Å². The van der Waals surface area contributed by atoms with Crippen LogP contribution in [0, 0.1) is 6.92 Å². The van der Waals surface area contributed by atoms with Crippen molar-refractivity contribution in [3.63, 3.8) is 0 Å². The van der Waals surface area contributed by atoms with Crippen molar-refractivity contribution in [1.82, 2.24) is 0 Å². The van der Waals surface area contributed by atoms with Gasteiger partial charge in [-0.3, -0.25) is 4.79 Å². The van der Waals surface area contributed by atoms with Gasteiger partial charge in [0.25, 0.3) is 0 Å². The van der Waals surface area contributed by atoms with Gasteiger partial charge in [-0.25, -0.2) is 0 Å². The van der Waals surface area contributed by atoms with E-state index in [1.54, 1.807) is 12.1 Å². The second-order valence-corrected chi connectivity index (χ2v) is 5.09. The van der Waals surface area contributed by atoms with Gasteiger partial charge < -0.3 is 15.8 Å². The second kappa shape index (κ2) is 6.61. The van der Waals surface area contributed by atoms with Gasteiger partial charge in [0, 0.05) is 11.1 Å². The fourth-order valence-corrected chi connectivity index (χ4v) is 2.11. The van der Waals surface area contributed by atoms with Crippen LogP contribution in [0.1, 0.15) is 17.2 Å². The standard InChI is InChI=1S/C16H17ClN2O2/c1-10-8-13(14(21-2)9-12(10)17)19-16(20)15(18)11-6-4-3-5-7-11/h3-9,15H,18H2,1-2H3,(H,19,20). The lowest BCUT2D eigenvalue weighted by molar-refractivity contribution is -0.117. The van der Waals surface area contributed by atoms with E-state index < -0.39 is 6.04 Å². The maximum atomic E-state index is 12.3.